The second kappa shape index (κ2) is 7.81. The van der Waals surface area contributed by atoms with Crippen molar-refractivity contribution in [1.29, 1.82) is 0 Å². The highest BCUT2D eigenvalue weighted by Crippen LogP contribution is 2.35. The average molecular weight is 412 g/mol. The first kappa shape index (κ1) is 21.7. The Bertz CT molecular complexity index is 906. The molecule has 27 heavy (non-hydrogen) atoms. The molecule has 0 unspecified atom stereocenters. The Balaban J connectivity index is 2.58. The molecule has 0 aromatic heterocycles. The van der Waals surface area contributed by atoms with E-state index in [1.807, 2.05) is 6.92 Å². The highest BCUT2D eigenvalue weighted by molar-refractivity contribution is 7.92. The summed E-state index contributed by atoms with van der Waals surface area (Å²) in [6, 6.07) is 14.3. The maximum Gasteiger partial charge on any atom is 0.227 e. The fourth-order valence-corrected chi connectivity index (χ4v) is 5.10. The molecule has 0 fully saturated rings. The third kappa shape index (κ3) is 4.65. The van der Waals surface area contributed by atoms with Gasteiger partial charge in [-0.25, -0.2) is 21.7 Å². The van der Waals surface area contributed by atoms with Gasteiger partial charge in [-0.15, -0.1) is 0 Å². The number of hydrogen-bond donors (Lipinski definition) is 1. The van der Waals surface area contributed by atoms with Crippen molar-refractivity contribution in [3.8, 4) is 0 Å². The van der Waals surface area contributed by atoms with Crippen LogP contribution in [0.25, 0.3) is 0 Å². The molecule has 0 spiro atoms. The SMILES string of the molecule is Cc1ccc([C@@](C)(N[S@](=O)C(C)(C)C)[C@H](F)S(=O)(=O)c2ccccc2)cc1. The first-order chi connectivity index (χ1) is 12.4. The van der Waals surface area contributed by atoms with Crippen molar-refractivity contribution in [2.24, 2.45) is 0 Å². The van der Waals surface area contributed by atoms with Crippen molar-refractivity contribution in [2.75, 3.05) is 0 Å². The minimum Gasteiger partial charge on any atom is -0.242 e. The summed E-state index contributed by atoms with van der Waals surface area (Å²) < 4.78 is 56.3. The molecule has 148 valence electrons. The number of sulfone groups is 1. The molecule has 3 atom stereocenters. The van der Waals surface area contributed by atoms with E-state index >= 15 is 4.39 Å². The summed E-state index contributed by atoms with van der Waals surface area (Å²) in [4.78, 5) is -0.112. The van der Waals surface area contributed by atoms with Gasteiger partial charge in [-0.1, -0.05) is 48.0 Å². The number of nitrogens with one attached hydrogen (secondary N) is 1. The minimum absolute atomic E-state index is 0.112. The van der Waals surface area contributed by atoms with Gasteiger partial charge in [0.2, 0.25) is 15.3 Å². The molecule has 2 aromatic carbocycles. The van der Waals surface area contributed by atoms with Crippen LogP contribution < -0.4 is 4.72 Å². The Morgan fingerprint density at radius 1 is 0.963 bits per heavy atom. The highest BCUT2D eigenvalue weighted by atomic mass is 32.2. The molecular weight excluding hydrogens is 385 g/mol. The number of alkyl halides is 1. The zero-order chi connectivity index (χ0) is 20.5. The van der Waals surface area contributed by atoms with E-state index < -0.39 is 36.6 Å². The molecule has 0 aliphatic carbocycles. The predicted octanol–water partition coefficient (Wildman–Crippen LogP) is 4.03. The van der Waals surface area contributed by atoms with E-state index in [1.54, 1.807) is 63.2 Å². The Morgan fingerprint density at radius 3 is 1.96 bits per heavy atom. The van der Waals surface area contributed by atoms with Crippen LogP contribution in [-0.4, -0.2) is 22.9 Å². The fraction of sp³-hybridized carbons (Fsp3) is 0.400. The van der Waals surface area contributed by atoms with Crippen LogP contribution in [0.3, 0.4) is 0 Å². The molecule has 2 aromatic rings. The van der Waals surface area contributed by atoms with Crippen LogP contribution in [0.1, 0.15) is 38.8 Å². The van der Waals surface area contributed by atoms with Gasteiger partial charge in [0.05, 0.1) is 26.2 Å². The molecule has 0 bridgehead atoms. The summed E-state index contributed by atoms with van der Waals surface area (Å²) >= 11 is 0. The van der Waals surface area contributed by atoms with E-state index in [0.29, 0.717) is 5.56 Å². The van der Waals surface area contributed by atoms with Gasteiger partial charge in [-0.05, 0) is 52.3 Å². The second-order valence-electron chi connectivity index (χ2n) is 7.73. The van der Waals surface area contributed by atoms with Crippen molar-refractivity contribution in [3.05, 3.63) is 65.7 Å². The topological polar surface area (TPSA) is 63.2 Å². The van der Waals surface area contributed by atoms with Gasteiger partial charge in [0.1, 0.15) is 0 Å². The van der Waals surface area contributed by atoms with Crippen LogP contribution in [0, 0.1) is 6.92 Å². The predicted molar refractivity (Wildman–Crippen MR) is 108 cm³/mol. The molecule has 0 aliphatic heterocycles. The number of halogens is 1. The lowest BCUT2D eigenvalue weighted by molar-refractivity contribution is 0.261. The lowest BCUT2D eigenvalue weighted by atomic mass is 9.94. The van der Waals surface area contributed by atoms with Crippen LogP contribution in [-0.2, 0) is 26.4 Å². The summed E-state index contributed by atoms with van der Waals surface area (Å²) in [7, 11) is -5.99. The normalized spacial score (nSPS) is 17.1. The molecule has 2 rings (SSSR count). The van der Waals surface area contributed by atoms with E-state index in [2.05, 4.69) is 4.72 Å². The van der Waals surface area contributed by atoms with Crippen molar-refractivity contribution in [1.82, 2.24) is 4.72 Å². The molecule has 0 radical (unpaired) electrons. The van der Waals surface area contributed by atoms with Gasteiger partial charge >= 0.3 is 0 Å². The quantitative estimate of drug-likeness (QED) is 0.781. The summed E-state index contributed by atoms with van der Waals surface area (Å²) in [6.07, 6.45) is 0. The second-order valence-corrected chi connectivity index (χ2v) is 11.7. The number of hydrogen-bond acceptors (Lipinski definition) is 3. The van der Waals surface area contributed by atoms with E-state index in [0.717, 1.165) is 5.56 Å². The summed E-state index contributed by atoms with van der Waals surface area (Å²) in [6.45, 7) is 8.54. The zero-order valence-electron chi connectivity index (χ0n) is 16.2. The van der Waals surface area contributed by atoms with Gasteiger partial charge in [0, 0.05) is 0 Å². The molecule has 0 aliphatic rings. The van der Waals surface area contributed by atoms with E-state index in [1.165, 1.54) is 19.1 Å². The molecular formula is C20H26FNO3S2. The number of aryl methyl sites for hydroxylation is 1. The zero-order valence-corrected chi connectivity index (χ0v) is 17.8. The maximum absolute atomic E-state index is 15.7. The first-order valence-corrected chi connectivity index (χ1v) is 11.3. The van der Waals surface area contributed by atoms with Crippen molar-refractivity contribution >= 4 is 20.8 Å². The lowest BCUT2D eigenvalue weighted by Gasteiger charge is -2.36. The van der Waals surface area contributed by atoms with Crippen molar-refractivity contribution in [3.63, 3.8) is 0 Å². The molecule has 0 amide bonds. The van der Waals surface area contributed by atoms with E-state index in [-0.39, 0.29) is 4.90 Å². The molecule has 4 nitrogen and oxygen atoms in total. The Kier molecular flexibility index (Phi) is 6.29. The maximum atomic E-state index is 15.7. The number of rotatable bonds is 6. The third-order valence-corrected chi connectivity index (χ3v) is 7.98. The van der Waals surface area contributed by atoms with Crippen LogP contribution in [0.5, 0.6) is 0 Å². The molecule has 1 N–H and O–H groups in total. The van der Waals surface area contributed by atoms with Crippen LogP contribution in [0.4, 0.5) is 4.39 Å². The van der Waals surface area contributed by atoms with Gasteiger partial charge in [-0.2, -0.15) is 0 Å². The van der Waals surface area contributed by atoms with Gasteiger partial charge in [0.15, 0.2) is 0 Å². The summed E-state index contributed by atoms with van der Waals surface area (Å²) in [5, 5.41) is 0. The standard InChI is InChI=1S/C20H26FNO3S2/c1-15-11-13-16(14-12-15)20(5,22-26(23)19(2,3)4)18(21)27(24,25)17-9-7-6-8-10-17/h6-14,18,22H,1-5H3/t18-,20-,26-/m1/s1. The minimum atomic E-state index is -4.31. The van der Waals surface area contributed by atoms with Gasteiger partial charge in [0.25, 0.3) is 0 Å². The smallest absolute Gasteiger partial charge is 0.227 e. The molecule has 0 heterocycles. The Morgan fingerprint density at radius 2 is 1.48 bits per heavy atom. The summed E-state index contributed by atoms with van der Waals surface area (Å²) in [5.41, 5.74) is -2.65. The largest absolute Gasteiger partial charge is 0.242 e. The van der Waals surface area contributed by atoms with Crippen molar-refractivity contribution in [2.45, 2.75) is 55.3 Å². The van der Waals surface area contributed by atoms with Gasteiger partial charge in [-0.3, -0.25) is 0 Å². The number of benzene rings is 2. The molecule has 7 heteroatoms. The molecule has 0 saturated carbocycles. The van der Waals surface area contributed by atoms with E-state index in [4.69, 9.17) is 0 Å². The Labute approximate surface area is 163 Å². The van der Waals surface area contributed by atoms with Crippen LogP contribution in [0.15, 0.2) is 59.5 Å². The Hall–Kier alpha value is -1.57. The summed E-state index contributed by atoms with van der Waals surface area (Å²) in [5.74, 6) is 0. The van der Waals surface area contributed by atoms with Crippen LogP contribution >= 0.6 is 0 Å². The first-order valence-electron chi connectivity index (χ1n) is 8.59. The van der Waals surface area contributed by atoms with E-state index in [9.17, 15) is 12.6 Å². The molecule has 0 saturated heterocycles. The average Bonchev–Trinajstić information content (AvgIpc) is 2.61. The van der Waals surface area contributed by atoms with Crippen LogP contribution in [0.2, 0.25) is 0 Å². The lowest BCUT2D eigenvalue weighted by Crippen LogP contribution is -2.54. The fourth-order valence-electron chi connectivity index (χ4n) is 2.52. The third-order valence-electron chi connectivity index (χ3n) is 4.31. The highest BCUT2D eigenvalue weighted by Gasteiger charge is 2.47. The monoisotopic (exact) mass is 411 g/mol. The van der Waals surface area contributed by atoms with Crippen molar-refractivity contribution < 1.29 is 17.0 Å². The van der Waals surface area contributed by atoms with Gasteiger partial charge < -0.3 is 0 Å².